The van der Waals surface area contributed by atoms with Crippen LogP contribution in [0.5, 0.6) is 0 Å². The Labute approximate surface area is 118 Å². The quantitative estimate of drug-likeness (QED) is 0.943. The number of furan rings is 1. The van der Waals surface area contributed by atoms with Crippen LogP contribution in [-0.4, -0.2) is 27.2 Å². The van der Waals surface area contributed by atoms with Gasteiger partial charge in [0, 0.05) is 24.1 Å². The van der Waals surface area contributed by atoms with E-state index in [0.717, 1.165) is 5.39 Å². The van der Waals surface area contributed by atoms with Crippen molar-refractivity contribution in [2.24, 2.45) is 0 Å². The zero-order chi connectivity index (χ0) is 14.2. The number of nitrogens with one attached hydrogen (secondary N) is 1. The molecule has 0 spiro atoms. The predicted molar refractivity (Wildman–Crippen MR) is 75.0 cm³/mol. The van der Waals surface area contributed by atoms with E-state index >= 15 is 0 Å². The predicted octanol–water partition coefficient (Wildman–Crippen LogP) is 2.28. The Morgan fingerprint density at radius 3 is 2.70 bits per heavy atom. The fraction of sp³-hybridized carbons (Fsp3) is 0.429. The molecule has 0 bridgehead atoms. The molecule has 0 saturated carbocycles. The second-order valence-electron chi connectivity index (χ2n) is 5.37. The standard InChI is InChI=1S/C14H17NO4S/c1-14(6-9-18-10-7-14)15-20(16,17)12-4-2-3-11-5-8-19-13(11)12/h2-5,8,15H,6-7,9-10H2,1H3. The molecule has 1 aromatic heterocycles. The first-order chi connectivity index (χ1) is 9.50. The first-order valence-corrected chi connectivity index (χ1v) is 8.07. The summed E-state index contributed by atoms with van der Waals surface area (Å²) in [5, 5.41) is 0.782. The van der Waals surface area contributed by atoms with Gasteiger partial charge in [-0.05, 0) is 31.9 Å². The summed E-state index contributed by atoms with van der Waals surface area (Å²) in [7, 11) is -3.61. The van der Waals surface area contributed by atoms with Crippen molar-refractivity contribution >= 4 is 21.0 Å². The number of benzene rings is 1. The monoisotopic (exact) mass is 295 g/mol. The van der Waals surface area contributed by atoms with Crippen molar-refractivity contribution in [3.8, 4) is 0 Å². The molecule has 0 radical (unpaired) electrons. The Balaban J connectivity index is 1.97. The molecule has 1 aromatic carbocycles. The molecule has 1 aliphatic heterocycles. The first kappa shape index (κ1) is 13.6. The molecule has 2 aromatic rings. The fourth-order valence-corrected chi connectivity index (χ4v) is 4.11. The summed E-state index contributed by atoms with van der Waals surface area (Å²) < 4.78 is 38.6. The summed E-state index contributed by atoms with van der Waals surface area (Å²) in [4.78, 5) is 0.188. The molecule has 0 amide bonds. The van der Waals surface area contributed by atoms with Gasteiger partial charge in [-0.15, -0.1) is 0 Å². The van der Waals surface area contributed by atoms with Gasteiger partial charge in [-0.25, -0.2) is 13.1 Å². The lowest BCUT2D eigenvalue weighted by Crippen LogP contribution is -2.49. The van der Waals surface area contributed by atoms with Crippen molar-refractivity contribution in [2.45, 2.75) is 30.2 Å². The average Bonchev–Trinajstić information content (AvgIpc) is 2.86. The van der Waals surface area contributed by atoms with Crippen molar-refractivity contribution < 1.29 is 17.6 Å². The van der Waals surface area contributed by atoms with Crippen LogP contribution < -0.4 is 4.72 Å². The van der Waals surface area contributed by atoms with Gasteiger partial charge in [0.1, 0.15) is 4.90 Å². The van der Waals surface area contributed by atoms with E-state index in [0.29, 0.717) is 31.6 Å². The average molecular weight is 295 g/mol. The minimum Gasteiger partial charge on any atom is -0.463 e. The van der Waals surface area contributed by atoms with E-state index in [2.05, 4.69) is 4.72 Å². The number of sulfonamides is 1. The Morgan fingerprint density at radius 1 is 1.20 bits per heavy atom. The minimum atomic E-state index is -3.61. The van der Waals surface area contributed by atoms with Gasteiger partial charge in [0.2, 0.25) is 10.0 Å². The number of hydrogen-bond acceptors (Lipinski definition) is 4. The second kappa shape index (κ2) is 4.87. The van der Waals surface area contributed by atoms with E-state index in [1.54, 1.807) is 18.2 Å². The van der Waals surface area contributed by atoms with Crippen molar-refractivity contribution in [1.29, 1.82) is 0 Å². The second-order valence-corrected chi connectivity index (χ2v) is 7.02. The van der Waals surface area contributed by atoms with Gasteiger partial charge in [-0.3, -0.25) is 0 Å². The summed E-state index contributed by atoms with van der Waals surface area (Å²) in [6, 6.07) is 6.87. The maximum absolute atomic E-state index is 12.6. The van der Waals surface area contributed by atoms with Crippen LogP contribution in [0, 0.1) is 0 Å². The lowest BCUT2D eigenvalue weighted by Gasteiger charge is -2.33. The molecule has 1 aliphatic rings. The highest BCUT2D eigenvalue weighted by Gasteiger charge is 2.33. The van der Waals surface area contributed by atoms with Crippen molar-refractivity contribution in [2.75, 3.05) is 13.2 Å². The van der Waals surface area contributed by atoms with E-state index in [9.17, 15) is 8.42 Å². The molecule has 0 unspecified atom stereocenters. The molecule has 2 heterocycles. The maximum Gasteiger partial charge on any atom is 0.244 e. The largest absolute Gasteiger partial charge is 0.463 e. The maximum atomic E-state index is 12.6. The summed E-state index contributed by atoms with van der Waals surface area (Å²) >= 11 is 0. The molecule has 3 rings (SSSR count). The van der Waals surface area contributed by atoms with Gasteiger partial charge in [-0.2, -0.15) is 0 Å². The molecule has 0 atom stereocenters. The van der Waals surface area contributed by atoms with Crippen LogP contribution >= 0.6 is 0 Å². The molecule has 1 N–H and O–H groups in total. The molecule has 108 valence electrons. The molecule has 6 heteroatoms. The molecule has 1 saturated heterocycles. The molecule has 1 fully saturated rings. The van der Waals surface area contributed by atoms with Crippen LogP contribution in [0.4, 0.5) is 0 Å². The topological polar surface area (TPSA) is 68.5 Å². The van der Waals surface area contributed by atoms with E-state index < -0.39 is 15.6 Å². The van der Waals surface area contributed by atoms with Crippen molar-refractivity contribution in [1.82, 2.24) is 4.72 Å². The van der Waals surface area contributed by atoms with Gasteiger partial charge >= 0.3 is 0 Å². The molecular weight excluding hydrogens is 278 g/mol. The Kier molecular flexibility index (Phi) is 3.32. The van der Waals surface area contributed by atoms with Crippen LogP contribution in [0.25, 0.3) is 11.0 Å². The SMILES string of the molecule is CC1(NS(=O)(=O)c2cccc3ccoc23)CCOCC1. The van der Waals surface area contributed by atoms with Gasteiger partial charge < -0.3 is 9.15 Å². The Morgan fingerprint density at radius 2 is 1.95 bits per heavy atom. The summed E-state index contributed by atoms with van der Waals surface area (Å²) in [5.41, 5.74) is -0.0677. The van der Waals surface area contributed by atoms with Gasteiger partial charge in [0.15, 0.2) is 5.58 Å². The normalized spacial score (nSPS) is 19.2. The van der Waals surface area contributed by atoms with Crippen LogP contribution in [0.15, 0.2) is 39.8 Å². The lowest BCUT2D eigenvalue weighted by molar-refractivity contribution is 0.0537. The van der Waals surface area contributed by atoms with Crippen LogP contribution in [0.1, 0.15) is 19.8 Å². The molecule has 20 heavy (non-hydrogen) atoms. The van der Waals surface area contributed by atoms with Gasteiger partial charge in [0.05, 0.1) is 6.26 Å². The number of rotatable bonds is 3. The van der Waals surface area contributed by atoms with Crippen LogP contribution in [0.2, 0.25) is 0 Å². The molecular formula is C14H17NO4S. The summed E-state index contributed by atoms with van der Waals surface area (Å²) in [5.74, 6) is 0. The third-order valence-electron chi connectivity index (χ3n) is 3.71. The zero-order valence-electron chi connectivity index (χ0n) is 11.3. The smallest absolute Gasteiger partial charge is 0.244 e. The third-order valence-corrected chi connectivity index (χ3v) is 5.37. The molecule has 5 nitrogen and oxygen atoms in total. The Hall–Kier alpha value is -1.37. The van der Waals surface area contributed by atoms with E-state index in [-0.39, 0.29) is 4.90 Å². The fourth-order valence-electron chi connectivity index (χ4n) is 2.48. The number of ether oxygens (including phenoxy) is 1. The van der Waals surface area contributed by atoms with Crippen molar-refractivity contribution in [3.05, 3.63) is 30.5 Å². The van der Waals surface area contributed by atoms with E-state index in [1.165, 1.54) is 6.26 Å². The highest BCUT2D eigenvalue weighted by Crippen LogP contribution is 2.27. The van der Waals surface area contributed by atoms with Crippen LogP contribution in [0.3, 0.4) is 0 Å². The number of fused-ring (bicyclic) bond motifs is 1. The summed E-state index contributed by atoms with van der Waals surface area (Å²) in [6.45, 7) is 3.06. The van der Waals surface area contributed by atoms with E-state index in [1.807, 2.05) is 13.0 Å². The Bertz CT molecular complexity index is 714. The lowest BCUT2D eigenvalue weighted by atomic mass is 9.94. The first-order valence-electron chi connectivity index (χ1n) is 6.58. The highest BCUT2D eigenvalue weighted by atomic mass is 32.2. The van der Waals surface area contributed by atoms with Gasteiger partial charge in [-0.1, -0.05) is 12.1 Å². The zero-order valence-corrected chi connectivity index (χ0v) is 12.1. The van der Waals surface area contributed by atoms with E-state index in [4.69, 9.17) is 9.15 Å². The van der Waals surface area contributed by atoms with Gasteiger partial charge in [0.25, 0.3) is 0 Å². The highest BCUT2D eigenvalue weighted by molar-refractivity contribution is 7.89. The summed E-state index contributed by atoms with van der Waals surface area (Å²) in [6.07, 6.45) is 2.83. The number of para-hydroxylation sites is 1. The minimum absolute atomic E-state index is 0.188. The van der Waals surface area contributed by atoms with Crippen LogP contribution in [-0.2, 0) is 14.8 Å². The molecule has 0 aliphatic carbocycles. The third kappa shape index (κ3) is 2.46. The van der Waals surface area contributed by atoms with Crippen molar-refractivity contribution in [3.63, 3.8) is 0 Å². The number of hydrogen-bond donors (Lipinski definition) is 1.